The highest BCUT2D eigenvalue weighted by Crippen LogP contribution is 2.18. The van der Waals surface area contributed by atoms with Crippen LogP contribution in [0, 0.1) is 27.7 Å². The summed E-state index contributed by atoms with van der Waals surface area (Å²) in [6.07, 6.45) is 0.426. The van der Waals surface area contributed by atoms with Gasteiger partial charge in [0.15, 0.2) is 5.78 Å². The maximum Gasteiger partial charge on any atom is 0.167 e. The average molecular weight is 256 g/mol. The van der Waals surface area contributed by atoms with Gasteiger partial charge in [-0.3, -0.25) is 9.48 Å². The van der Waals surface area contributed by atoms with Gasteiger partial charge in [-0.1, -0.05) is 17.7 Å². The lowest BCUT2D eigenvalue weighted by Gasteiger charge is -2.07. The molecule has 0 spiro atoms. The maximum absolute atomic E-state index is 12.5. The molecule has 2 rings (SSSR count). The number of carbonyl (C=O) groups is 1. The van der Waals surface area contributed by atoms with Crippen LogP contribution in [0.1, 0.15) is 38.4 Å². The van der Waals surface area contributed by atoms with E-state index in [2.05, 4.69) is 5.10 Å². The van der Waals surface area contributed by atoms with Gasteiger partial charge >= 0.3 is 0 Å². The fourth-order valence-corrected chi connectivity index (χ4v) is 2.37. The van der Waals surface area contributed by atoms with Crippen molar-refractivity contribution in [3.05, 3.63) is 51.8 Å². The Hall–Kier alpha value is -1.90. The average Bonchev–Trinajstić information content (AvgIpc) is 2.59. The summed E-state index contributed by atoms with van der Waals surface area (Å²) < 4.78 is 1.83. The van der Waals surface area contributed by atoms with Crippen molar-refractivity contribution >= 4 is 5.78 Å². The summed E-state index contributed by atoms with van der Waals surface area (Å²) in [5, 5.41) is 4.36. The van der Waals surface area contributed by atoms with Gasteiger partial charge in [0.25, 0.3) is 0 Å². The van der Waals surface area contributed by atoms with Gasteiger partial charge < -0.3 is 0 Å². The van der Waals surface area contributed by atoms with E-state index in [1.54, 1.807) is 0 Å². The molecule has 0 amide bonds. The van der Waals surface area contributed by atoms with Crippen LogP contribution >= 0.6 is 0 Å². The lowest BCUT2D eigenvalue weighted by molar-refractivity contribution is 0.0992. The molecule has 0 aliphatic carbocycles. The topological polar surface area (TPSA) is 34.9 Å². The number of Topliss-reactive ketones (excluding diaryl/α,β-unsaturated/α-hetero) is 1. The van der Waals surface area contributed by atoms with Crippen LogP contribution in [0.2, 0.25) is 0 Å². The third-order valence-electron chi connectivity index (χ3n) is 3.69. The molecule has 3 nitrogen and oxygen atoms in total. The normalized spacial score (nSPS) is 10.8. The van der Waals surface area contributed by atoms with Crippen molar-refractivity contribution in [2.45, 2.75) is 34.1 Å². The molecule has 1 aromatic carbocycles. The molecule has 1 aromatic heterocycles. The molecule has 1 heterocycles. The molecular weight excluding hydrogens is 236 g/mol. The zero-order chi connectivity index (χ0) is 14.2. The minimum atomic E-state index is 0.167. The quantitative estimate of drug-likeness (QED) is 0.791. The Labute approximate surface area is 114 Å². The van der Waals surface area contributed by atoms with Crippen molar-refractivity contribution in [1.82, 2.24) is 9.78 Å². The van der Waals surface area contributed by atoms with Crippen LogP contribution in [0.15, 0.2) is 18.2 Å². The predicted molar refractivity (Wildman–Crippen MR) is 76.6 cm³/mol. The van der Waals surface area contributed by atoms with Crippen molar-refractivity contribution in [3.8, 4) is 0 Å². The molecule has 19 heavy (non-hydrogen) atoms. The zero-order valence-electron chi connectivity index (χ0n) is 12.2. The molecule has 0 radical (unpaired) electrons. The molecule has 0 atom stereocenters. The zero-order valence-corrected chi connectivity index (χ0v) is 12.2. The Morgan fingerprint density at radius 2 is 1.89 bits per heavy atom. The Kier molecular flexibility index (Phi) is 3.56. The van der Waals surface area contributed by atoms with Crippen LogP contribution in [0.3, 0.4) is 0 Å². The second-order valence-corrected chi connectivity index (χ2v) is 5.19. The lowest BCUT2D eigenvalue weighted by atomic mass is 9.97. The first-order chi connectivity index (χ1) is 8.90. The van der Waals surface area contributed by atoms with Crippen LogP contribution < -0.4 is 0 Å². The summed E-state index contributed by atoms with van der Waals surface area (Å²) >= 11 is 0. The number of hydrogen-bond donors (Lipinski definition) is 0. The number of ketones is 1. The highest BCUT2D eigenvalue weighted by molar-refractivity contribution is 5.99. The number of benzene rings is 1. The molecule has 0 unspecified atom stereocenters. The standard InChI is InChI=1S/C16H20N2O/c1-10-6-7-11(2)14(8-10)16(19)9-15-12(3)17-18(5)13(15)4/h6-8H,9H2,1-5H3. The summed E-state index contributed by atoms with van der Waals surface area (Å²) in [5.41, 5.74) is 6.04. The van der Waals surface area contributed by atoms with E-state index in [1.165, 1.54) is 0 Å². The first kappa shape index (κ1) is 13.5. The molecule has 0 aliphatic rings. The first-order valence-electron chi connectivity index (χ1n) is 6.49. The number of aryl methyl sites for hydroxylation is 4. The van der Waals surface area contributed by atoms with Crippen molar-refractivity contribution in [2.24, 2.45) is 7.05 Å². The Morgan fingerprint density at radius 3 is 2.47 bits per heavy atom. The van der Waals surface area contributed by atoms with E-state index in [0.717, 1.165) is 33.6 Å². The van der Waals surface area contributed by atoms with Crippen LogP contribution in [0.5, 0.6) is 0 Å². The molecule has 2 aromatic rings. The summed E-state index contributed by atoms with van der Waals surface area (Å²) in [7, 11) is 1.91. The summed E-state index contributed by atoms with van der Waals surface area (Å²) in [6, 6.07) is 6.01. The van der Waals surface area contributed by atoms with Crippen LogP contribution in [-0.4, -0.2) is 15.6 Å². The number of hydrogen-bond acceptors (Lipinski definition) is 2. The second kappa shape index (κ2) is 5.00. The van der Waals surface area contributed by atoms with Gasteiger partial charge in [-0.2, -0.15) is 5.10 Å². The molecule has 0 bridgehead atoms. The predicted octanol–water partition coefficient (Wildman–Crippen LogP) is 3.08. The molecular formula is C16H20N2O. The van der Waals surface area contributed by atoms with Crippen molar-refractivity contribution in [3.63, 3.8) is 0 Å². The Balaban J connectivity index is 2.33. The lowest BCUT2D eigenvalue weighted by Crippen LogP contribution is -2.07. The summed E-state index contributed by atoms with van der Waals surface area (Å²) in [6.45, 7) is 7.96. The molecule has 3 heteroatoms. The highest BCUT2D eigenvalue weighted by atomic mass is 16.1. The van der Waals surface area contributed by atoms with Gasteiger partial charge in [0.05, 0.1) is 5.69 Å². The largest absolute Gasteiger partial charge is 0.294 e. The van der Waals surface area contributed by atoms with Gasteiger partial charge in [-0.15, -0.1) is 0 Å². The van der Waals surface area contributed by atoms with Gasteiger partial charge in [-0.05, 0) is 39.3 Å². The van der Waals surface area contributed by atoms with Gasteiger partial charge in [0, 0.05) is 30.3 Å². The van der Waals surface area contributed by atoms with E-state index >= 15 is 0 Å². The van der Waals surface area contributed by atoms with E-state index in [1.807, 2.05) is 57.6 Å². The fraction of sp³-hybridized carbons (Fsp3) is 0.375. The van der Waals surface area contributed by atoms with Crippen molar-refractivity contribution < 1.29 is 4.79 Å². The van der Waals surface area contributed by atoms with E-state index in [-0.39, 0.29) is 5.78 Å². The summed E-state index contributed by atoms with van der Waals surface area (Å²) in [5.74, 6) is 0.167. The number of carbonyl (C=O) groups excluding carboxylic acids is 1. The first-order valence-corrected chi connectivity index (χ1v) is 6.49. The molecule has 0 aliphatic heterocycles. The minimum absolute atomic E-state index is 0.167. The van der Waals surface area contributed by atoms with Crippen molar-refractivity contribution in [2.75, 3.05) is 0 Å². The maximum atomic E-state index is 12.5. The second-order valence-electron chi connectivity index (χ2n) is 5.19. The van der Waals surface area contributed by atoms with Gasteiger partial charge in [0.1, 0.15) is 0 Å². The number of nitrogens with zero attached hydrogens (tertiary/aromatic N) is 2. The van der Waals surface area contributed by atoms with Gasteiger partial charge in [0.2, 0.25) is 0 Å². The fourth-order valence-electron chi connectivity index (χ4n) is 2.37. The number of aromatic nitrogens is 2. The molecule has 0 saturated heterocycles. The third-order valence-corrected chi connectivity index (χ3v) is 3.69. The molecule has 0 fully saturated rings. The van der Waals surface area contributed by atoms with Crippen LogP contribution in [0.4, 0.5) is 0 Å². The van der Waals surface area contributed by atoms with E-state index in [0.29, 0.717) is 6.42 Å². The summed E-state index contributed by atoms with van der Waals surface area (Å²) in [4.78, 5) is 12.5. The third kappa shape index (κ3) is 2.60. The Bertz CT molecular complexity index is 638. The van der Waals surface area contributed by atoms with Crippen LogP contribution in [0.25, 0.3) is 0 Å². The SMILES string of the molecule is Cc1ccc(C)c(C(=O)Cc2c(C)nn(C)c2C)c1. The number of rotatable bonds is 3. The van der Waals surface area contributed by atoms with Crippen LogP contribution in [-0.2, 0) is 13.5 Å². The molecule has 100 valence electrons. The minimum Gasteiger partial charge on any atom is -0.294 e. The van der Waals surface area contributed by atoms with Gasteiger partial charge in [-0.25, -0.2) is 0 Å². The molecule has 0 saturated carbocycles. The van der Waals surface area contributed by atoms with E-state index in [4.69, 9.17) is 0 Å². The Morgan fingerprint density at radius 1 is 1.21 bits per heavy atom. The van der Waals surface area contributed by atoms with E-state index < -0.39 is 0 Å². The van der Waals surface area contributed by atoms with E-state index in [9.17, 15) is 4.79 Å². The van der Waals surface area contributed by atoms with Crippen molar-refractivity contribution in [1.29, 1.82) is 0 Å². The molecule has 0 N–H and O–H groups in total. The smallest absolute Gasteiger partial charge is 0.167 e. The monoisotopic (exact) mass is 256 g/mol. The highest BCUT2D eigenvalue weighted by Gasteiger charge is 2.16.